The summed E-state index contributed by atoms with van der Waals surface area (Å²) in [6, 6.07) is 11.9. The summed E-state index contributed by atoms with van der Waals surface area (Å²) < 4.78 is 33.9. The number of likely N-dealkylation sites (tertiary alicyclic amines) is 1. The average Bonchev–Trinajstić information content (AvgIpc) is 3.31. The number of piperidine rings is 1. The summed E-state index contributed by atoms with van der Waals surface area (Å²) in [7, 11) is -2.37. The molecule has 0 bridgehead atoms. The molecular weight excluding hydrogens is 492 g/mol. The van der Waals surface area contributed by atoms with Crippen LogP contribution in [0.2, 0.25) is 0 Å². The number of rotatable bonds is 7. The third-order valence-corrected chi connectivity index (χ3v) is 8.92. The minimum Gasteiger partial charge on any atom is -0.497 e. The van der Waals surface area contributed by atoms with Gasteiger partial charge in [-0.2, -0.15) is 0 Å². The Balaban J connectivity index is 1.56. The van der Waals surface area contributed by atoms with E-state index in [9.17, 15) is 13.2 Å². The van der Waals surface area contributed by atoms with Gasteiger partial charge in [-0.25, -0.2) is 8.42 Å². The average molecular weight is 519 g/mol. The summed E-state index contributed by atoms with van der Waals surface area (Å²) in [5.41, 5.74) is 1.21. The predicted molar refractivity (Wildman–Crippen MR) is 135 cm³/mol. The van der Waals surface area contributed by atoms with Gasteiger partial charge >= 0.3 is 0 Å². The second-order valence-corrected chi connectivity index (χ2v) is 11.6. The number of methoxy groups -OCH3 is 1. The molecule has 1 N–H and O–H groups in total. The highest BCUT2D eigenvalue weighted by Gasteiger charge is 2.26. The van der Waals surface area contributed by atoms with Gasteiger partial charge < -0.3 is 9.64 Å². The SMILES string of the molecule is COc1ccc(-c2nnc(NS(=O)(=O)c3ccc(SC)c(C(=O)N4CCC(C)CC4)c3)s2)cc1. The number of thioether (sulfide) groups is 1. The van der Waals surface area contributed by atoms with E-state index in [2.05, 4.69) is 21.8 Å². The van der Waals surface area contributed by atoms with E-state index in [0.29, 0.717) is 35.3 Å². The van der Waals surface area contributed by atoms with Crippen LogP contribution in [-0.2, 0) is 10.0 Å². The molecule has 0 atom stereocenters. The van der Waals surface area contributed by atoms with Crippen LogP contribution in [0, 0.1) is 5.92 Å². The summed E-state index contributed by atoms with van der Waals surface area (Å²) in [6.45, 7) is 3.55. The first-order valence-electron chi connectivity index (χ1n) is 10.8. The maximum atomic E-state index is 13.2. The van der Waals surface area contributed by atoms with Crippen molar-refractivity contribution in [3.8, 4) is 16.3 Å². The predicted octanol–water partition coefficient (Wildman–Crippen LogP) is 4.61. The molecule has 1 amide bonds. The highest BCUT2D eigenvalue weighted by Crippen LogP contribution is 2.31. The van der Waals surface area contributed by atoms with Crippen molar-refractivity contribution in [3.63, 3.8) is 0 Å². The van der Waals surface area contributed by atoms with Gasteiger partial charge in [0.25, 0.3) is 15.9 Å². The van der Waals surface area contributed by atoms with Gasteiger partial charge in [0.05, 0.1) is 17.6 Å². The normalized spacial score (nSPS) is 14.7. The number of hydrogen-bond acceptors (Lipinski definition) is 8. The molecule has 1 aliphatic heterocycles. The van der Waals surface area contributed by atoms with Crippen LogP contribution in [0.15, 0.2) is 52.3 Å². The number of amides is 1. The van der Waals surface area contributed by atoms with Crippen LogP contribution in [0.3, 0.4) is 0 Å². The van der Waals surface area contributed by atoms with Crippen LogP contribution in [0.4, 0.5) is 5.13 Å². The Morgan fingerprint density at radius 3 is 2.50 bits per heavy atom. The van der Waals surface area contributed by atoms with Gasteiger partial charge in [-0.15, -0.1) is 22.0 Å². The van der Waals surface area contributed by atoms with Crippen molar-refractivity contribution in [2.45, 2.75) is 29.6 Å². The Morgan fingerprint density at radius 2 is 1.85 bits per heavy atom. The Bertz CT molecular complexity index is 1270. The molecule has 11 heteroatoms. The minimum absolute atomic E-state index is 0.0141. The zero-order chi connectivity index (χ0) is 24.3. The number of carbonyl (C=O) groups is 1. The summed E-state index contributed by atoms with van der Waals surface area (Å²) in [6.07, 6.45) is 3.78. The molecule has 1 aliphatic rings. The van der Waals surface area contributed by atoms with Crippen molar-refractivity contribution in [1.82, 2.24) is 15.1 Å². The van der Waals surface area contributed by atoms with E-state index in [1.807, 2.05) is 23.3 Å². The quantitative estimate of drug-likeness (QED) is 0.456. The first-order chi connectivity index (χ1) is 16.3. The van der Waals surface area contributed by atoms with E-state index in [4.69, 9.17) is 4.74 Å². The third-order valence-electron chi connectivity index (χ3n) is 5.77. The topological polar surface area (TPSA) is 101 Å². The fourth-order valence-corrected chi connectivity index (χ4v) is 6.27. The molecule has 0 spiro atoms. The molecule has 3 aromatic rings. The molecule has 4 rings (SSSR count). The number of aromatic nitrogens is 2. The molecule has 0 saturated carbocycles. The van der Waals surface area contributed by atoms with E-state index in [-0.39, 0.29) is 15.9 Å². The fraction of sp³-hybridized carbons (Fsp3) is 0.348. The zero-order valence-corrected chi connectivity index (χ0v) is 21.6. The van der Waals surface area contributed by atoms with Crippen LogP contribution in [-0.4, -0.2) is 55.9 Å². The van der Waals surface area contributed by atoms with Crippen LogP contribution in [0.25, 0.3) is 10.6 Å². The summed E-state index contributed by atoms with van der Waals surface area (Å²) in [5, 5.41) is 8.81. The number of benzene rings is 2. The molecule has 34 heavy (non-hydrogen) atoms. The molecule has 0 aliphatic carbocycles. The zero-order valence-electron chi connectivity index (χ0n) is 19.1. The van der Waals surface area contributed by atoms with Crippen molar-refractivity contribution < 1.29 is 17.9 Å². The number of ether oxygens (including phenoxy) is 1. The molecule has 1 saturated heterocycles. The lowest BCUT2D eigenvalue weighted by molar-refractivity contribution is 0.0693. The van der Waals surface area contributed by atoms with Gasteiger partial charge in [0.15, 0.2) is 0 Å². The molecule has 2 heterocycles. The Hall–Kier alpha value is -2.63. The molecule has 180 valence electrons. The molecule has 8 nitrogen and oxygen atoms in total. The number of carbonyl (C=O) groups excluding carboxylic acids is 1. The molecule has 1 aromatic heterocycles. The Labute approximate surface area is 207 Å². The van der Waals surface area contributed by atoms with E-state index in [1.165, 1.54) is 23.9 Å². The number of hydrogen-bond donors (Lipinski definition) is 1. The Kier molecular flexibility index (Phi) is 7.44. The summed E-state index contributed by atoms with van der Waals surface area (Å²) in [5.74, 6) is 1.17. The fourth-order valence-electron chi connectivity index (χ4n) is 3.69. The van der Waals surface area contributed by atoms with E-state index in [1.54, 1.807) is 25.3 Å². The maximum Gasteiger partial charge on any atom is 0.263 e. The summed E-state index contributed by atoms with van der Waals surface area (Å²) in [4.78, 5) is 15.8. The van der Waals surface area contributed by atoms with Crippen molar-refractivity contribution >= 4 is 44.2 Å². The van der Waals surface area contributed by atoms with Gasteiger partial charge in [0, 0.05) is 23.5 Å². The van der Waals surface area contributed by atoms with Crippen LogP contribution in [0.1, 0.15) is 30.1 Å². The maximum absolute atomic E-state index is 13.2. The second kappa shape index (κ2) is 10.3. The standard InChI is InChI=1S/C23H26N4O4S3/c1-15-10-12-27(13-11-15)22(28)19-14-18(8-9-20(19)32-3)34(29,30)26-23-25-24-21(33-23)16-4-6-17(31-2)7-5-16/h4-9,14-15H,10-13H2,1-3H3,(H,25,26). The van der Waals surface area contributed by atoms with Crippen molar-refractivity contribution in [1.29, 1.82) is 0 Å². The van der Waals surface area contributed by atoms with E-state index >= 15 is 0 Å². The lowest BCUT2D eigenvalue weighted by atomic mass is 9.98. The van der Waals surface area contributed by atoms with Gasteiger partial charge in [-0.05, 0) is 67.5 Å². The second-order valence-electron chi connectivity index (χ2n) is 8.08. The van der Waals surface area contributed by atoms with Gasteiger partial charge in [0.2, 0.25) is 5.13 Å². The number of nitrogens with one attached hydrogen (secondary N) is 1. The van der Waals surface area contributed by atoms with Crippen molar-refractivity contribution in [2.24, 2.45) is 5.92 Å². The first kappa shape index (κ1) is 24.5. The first-order valence-corrected chi connectivity index (χ1v) is 14.3. The molecular formula is C23H26N4O4S3. The highest BCUT2D eigenvalue weighted by atomic mass is 32.2. The van der Waals surface area contributed by atoms with Crippen LogP contribution < -0.4 is 9.46 Å². The van der Waals surface area contributed by atoms with Crippen LogP contribution in [0.5, 0.6) is 5.75 Å². The molecule has 1 fully saturated rings. The number of nitrogens with zero attached hydrogens (tertiary/aromatic N) is 3. The molecule has 2 aromatic carbocycles. The van der Waals surface area contributed by atoms with Gasteiger partial charge in [-0.1, -0.05) is 18.3 Å². The summed E-state index contributed by atoms with van der Waals surface area (Å²) >= 11 is 2.55. The minimum atomic E-state index is -3.96. The highest BCUT2D eigenvalue weighted by molar-refractivity contribution is 7.98. The lowest BCUT2D eigenvalue weighted by Gasteiger charge is -2.30. The Morgan fingerprint density at radius 1 is 1.15 bits per heavy atom. The van der Waals surface area contributed by atoms with Gasteiger partial charge in [-0.3, -0.25) is 9.52 Å². The molecule has 0 unspecified atom stereocenters. The number of anilines is 1. The smallest absolute Gasteiger partial charge is 0.263 e. The van der Waals surface area contributed by atoms with Crippen molar-refractivity contribution in [3.05, 3.63) is 48.0 Å². The number of sulfonamides is 1. The van der Waals surface area contributed by atoms with E-state index in [0.717, 1.165) is 34.6 Å². The van der Waals surface area contributed by atoms with Crippen molar-refractivity contribution in [2.75, 3.05) is 31.2 Å². The van der Waals surface area contributed by atoms with Gasteiger partial charge in [0.1, 0.15) is 10.8 Å². The monoisotopic (exact) mass is 518 g/mol. The molecule has 0 radical (unpaired) electrons. The van der Waals surface area contributed by atoms with Crippen LogP contribution >= 0.6 is 23.1 Å². The van der Waals surface area contributed by atoms with E-state index < -0.39 is 10.0 Å². The lowest BCUT2D eigenvalue weighted by Crippen LogP contribution is -2.38. The largest absolute Gasteiger partial charge is 0.497 e. The third kappa shape index (κ3) is 5.37.